The second-order valence-corrected chi connectivity index (χ2v) is 17.1. The van der Waals surface area contributed by atoms with E-state index in [1.54, 1.807) is 36.4 Å². The van der Waals surface area contributed by atoms with Crippen LogP contribution in [0, 0.1) is 0 Å². The molecule has 1 aromatic heterocycles. The zero-order valence-electron chi connectivity index (χ0n) is 38.2. The zero-order chi connectivity index (χ0) is 48.1. The number of alkyl halides is 3. The summed E-state index contributed by atoms with van der Waals surface area (Å²) >= 11 is 0. The number of benzene rings is 4. The molecule has 67 heavy (non-hydrogen) atoms. The number of pyridine rings is 1. The van der Waals surface area contributed by atoms with E-state index < -0.39 is 27.7 Å². The average Bonchev–Trinajstić information content (AvgIpc) is 3.33. The van der Waals surface area contributed by atoms with Gasteiger partial charge in [-0.1, -0.05) is 43.3 Å². The molecule has 0 fully saturated rings. The quantitative estimate of drug-likeness (QED) is 0.0417. The van der Waals surface area contributed by atoms with E-state index in [1.165, 1.54) is 24.4 Å². The summed E-state index contributed by atoms with van der Waals surface area (Å²) in [5, 5.41) is 5.74. The molecule has 0 saturated heterocycles. The Balaban J connectivity index is 1.02. The maximum absolute atomic E-state index is 13.7. The van der Waals surface area contributed by atoms with Gasteiger partial charge in [0.2, 0.25) is 10.0 Å². The molecule has 5 rings (SSSR count). The lowest BCUT2D eigenvalue weighted by molar-refractivity contribution is -0.137. The lowest BCUT2D eigenvalue weighted by Crippen LogP contribution is -2.27. The molecule has 0 atom stereocenters. The van der Waals surface area contributed by atoms with Gasteiger partial charge in [-0.3, -0.25) is 14.6 Å². The maximum Gasteiger partial charge on any atom is 0.416 e. The van der Waals surface area contributed by atoms with E-state index in [1.807, 2.05) is 57.2 Å². The van der Waals surface area contributed by atoms with E-state index in [2.05, 4.69) is 25.2 Å². The molecule has 0 unspecified atom stereocenters. The van der Waals surface area contributed by atoms with Crippen molar-refractivity contribution in [3.8, 4) is 11.3 Å². The molecule has 0 spiro atoms. The van der Waals surface area contributed by atoms with E-state index >= 15 is 0 Å². The highest BCUT2D eigenvalue weighted by Crippen LogP contribution is 2.33. The molecule has 5 aromatic rings. The van der Waals surface area contributed by atoms with Gasteiger partial charge in [-0.05, 0) is 117 Å². The van der Waals surface area contributed by atoms with Gasteiger partial charge in [0.15, 0.2) is 0 Å². The number of halogens is 3. The molecular weight excluding hydrogens is 888 g/mol. The van der Waals surface area contributed by atoms with Crippen molar-refractivity contribution in [2.24, 2.45) is 0 Å². The smallest absolute Gasteiger partial charge is 0.379 e. The Hall–Kier alpha value is -5.69. The van der Waals surface area contributed by atoms with Crippen LogP contribution in [0.25, 0.3) is 11.3 Å². The van der Waals surface area contributed by atoms with E-state index in [-0.39, 0.29) is 36.1 Å². The largest absolute Gasteiger partial charge is 0.416 e. The predicted molar refractivity (Wildman–Crippen MR) is 253 cm³/mol. The molecule has 0 aliphatic rings. The molecule has 0 radical (unpaired) electrons. The number of hydrogen-bond acceptors (Lipinski definition) is 10. The van der Waals surface area contributed by atoms with Gasteiger partial charge in [0.1, 0.15) is 0 Å². The van der Waals surface area contributed by atoms with E-state index in [4.69, 9.17) is 18.9 Å². The van der Waals surface area contributed by atoms with Crippen LogP contribution >= 0.6 is 0 Å². The van der Waals surface area contributed by atoms with Gasteiger partial charge in [-0.2, -0.15) is 13.2 Å². The molecule has 13 nitrogen and oxygen atoms in total. The van der Waals surface area contributed by atoms with E-state index in [9.17, 15) is 31.2 Å². The summed E-state index contributed by atoms with van der Waals surface area (Å²) < 4.78 is 89.3. The second-order valence-electron chi connectivity index (χ2n) is 15.3. The van der Waals surface area contributed by atoms with Crippen LogP contribution in [0.2, 0.25) is 0 Å². The number of nitrogens with one attached hydrogen (secondary N) is 3. The number of aromatic nitrogens is 1. The van der Waals surface area contributed by atoms with Crippen molar-refractivity contribution in [2.75, 3.05) is 82.7 Å². The van der Waals surface area contributed by atoms with Crippen molar-refractivity contribution in [2.45, 2.75) is 57.7 Å². The number of amides is 2. The van der Waals surface area contributed by atoms with Crippen LogP contribution in [0.5, 0.6) is 0 Å². The normalized spacial score (nSPS) is 11.7. The Kier molecular flexibility index (Phi) is 20.8. The maximum atomic E-state index is 13.7. The Labute approximate surface area is 391 Å². The molecule has 4 aromatic carbocycles. The van der Waals surface area contributed by atoms with Crippen LogP contribution in [0.4, 0.5) is 24.5 Å². The van der Waals surface area contributed by atoms with Crippen molar-refractivity contribution in [3.05, 3.63) is 143 Å². The molecule has 17 heteroatoms. The molecule has 0 saturated carbocycles. The SMILES string of the molecule is CCc1ccc(S(=O)(=O)NCCOCCOCCOCCOCCCc2cccc(C(=O)Nc3ccc(N(CC)CC)cc3-c3cc(C(=O)NCc4cccc(C(F)(F)F)c4)ccn3)c2)cc1. The van der Waals surface area contributed by atoms with Gasteiger partial charge < -0.3 is 34.5 Å². The van der Waals surface area contributed by atoms with Crippen molar-refractivity contribution >= 4 is 33.2 Å². The number of ether oxygens (including phenoxy) is 4. The summed E-state index contributed by atoms with van der Waals surface area (Å²) in [6, 6.07) is 27.7. The summed E-state index contributed by atoms with van der Waals surface area (Å²) in [5.41, 5.74) is 4.68. The third kappa shape index (κ3) is 16.9. The van der Waals surface area contributed by atoms with Crippen LogP contribution in [0.3, 0.4) is 0 Å². The first-order valence-electron chi connectivity index (χ1n) is 22.4. The third-order valence-electron chi connectivity index (χ3n) is 10.6. The topological polar surface area (TPSA) is 157 Å². The molecule has 0 aliphatic heterocycles. The molecule has 1 heterocycles. The fourth-order valence-corrected chi connectivity index (χ4v) is 7.95. The van der Waals surface area contributed by atoms with Gasteiger partial charge in [0, 0.05) is 61.4 Å². The lowest BCUT2D eigenvalue weighted by atomic mass is 10.0. The summed E-state index contributed by atoms with van der Waals surface area (Å²) in [7, 11) is -3.58. The fraction of sp³-hybridized carbons (Fsp3) is 0.380. The number of hydrogen-bond donors (Lipinski definition) is 3. The third-order valence-corrected chi connectivity index (χ3v) is 12.1. The molecular formula is C50H60F3N5O8S. The van der Waals surface area contributed by atoms with Gasteiger partial charge in [-0.25, -0.2) is 13.1 Å². The standard InChI is InChI=1S/C50H60F3N5O8S/c1-4-37-15-18-44(19-16-37)67(61,62)56-23-25-64-27-29-66-31-30-65-28-26-63-24-9-12-38-10-7-13-40(32-38)49(60)57-46-20-17-43(58(5-2)6-3)35-45(46)47-34-41(21-22-54-47)48(59)55-36-39-11-8-14-42(33-39)50(51,52)53/h7-8,10-11,13-22,32-35,56H,4-6,9,12,23-31,36H2,1-3H3,(H,55,59)(H,57,60). The predicted octanol–water partition coefficient (Wildman–Crippen LogP) is 8.34. The summed E-state index contributed by atoms with van der Waals surface area (Å²) in [5.74, 6) is -0.814. The highest BCUT2D eigenvalue weighted by atomic mass is 32.2. The van der Waals surface area contributed by atoms with Crippen molar-refractivity contribution in [3.63, 3.8) is 0 Å². The lowest BCUT2D eigenvalue weighted by Gasteiger charge is -2.23. The first kappa shape index (κ1) is 52.3. The molecule has 0 bridgehead atoms. The van der Waals surface area contributed by atoms with Gasteiger partial charge in [0.05, 0.1) is 68.1 Å². The Morgan fingerprint density at radius 1 is 0.672 bits per heavy atom. The van der Waals surface area contributed by atoms with Crippen LogP contribution in [-0.4, -0.2) is 97.7 Å². The monoisotopic (exact) mass is 947 g/mol. The minimum atomic E-state index is -4.50. The summed E-state index contributed by atoms with van der Waals surface area (Å²) in [4.78, 5) is 33.9. The number of carbonyl (C=O) groups is 2. The zero-order valence-corrected chi connectivity index (χ0v) is 39.0. The number of nitrogens with zero attached hydrogens (tertiary/aromatic N) is 2. The molecule has 2 amide bonds. The van der Waals surface area contributed by atoms with Crippen LogP contribution in [0.15, 0.2) is 114 Å². The minimum absolute atomic E-state index is 0.104. The van der Waals surface area contributed by atoms with Crippen molar-refractivity contribution in [1.29, 1.82) is 0 Å². The first-order valence-corrected chi connectivity index (χ1v) is 23.9. The van der Waals surface area contributed by atoms with E-state index in [0.717, 1.165) is 54.9 Å². The highest BCUT2D eigenvalue weighted by Gasteiger charge is 2.30. The number of rotatable bonds is 28. The molecule has 3 N–H and O–H groups in total. The van der Waals surface area contributed by atoms with Crippen molar-refractivity contribution in [1.82, 2.24) is 15.0 Å². The van der Waals surface area contributed by atoms with Crippen LogP contribution < -0.4 is 20.3 Å². The Morgan fingerprint density at radius 2 is 1.31 bits per heavy atom. The van der Waals surface area contributed by atoms with Crippen LogP contribution in [0.1, 0.15) is 70.2 Å². The van der Waals surface area contributed by atoms with Crippen LogP contribution in [-0.2, 0) is 54.5 Å². The number of sulfonamides is 1. The van der Waals surface area contributed by atoms with Gasteiger partial charge >= 0.3 is 6.18 Å². The number of anilines is 2. The van der Waals surface area contributed by atoms with Gasteiger partial charge in [-0.15, -0.1) is 0 Å². The Morgan fingerprint density at radius 3 is 1.99 bits per heavy atom. The molecule has 0 aliphatic carbocycles. The number of carbonyl (C=O) groups excluding carboxylic acids is 2. The first-order chi connectivity index (χ1) is 32.3. The fourth-order valence-electron chi connectivity index (χ4n) is 6.94. The minimum Gasteiger partial charge on any atom is -0.379 e. The average molecular weight is 948 g/mol. The second kappa shape index (κ2) is 26.6. The highest BCUT2D eigenvalue weighted by molar-refractivity contribution is 7.89. The van der Waals surface area contributed by atoms with Crippen molar-refractivity contribution < 1.29 is 50.1 Å². The molecule has 360 valence electrons. The van der Waals surface area contributed by atoms with E-state index in [0.29, 0.717) is 80.7 Å². The summed E-state index contributed by atoms with van der Waals surface area (Å²) in [6.07, 6.45) is -0.757. The summed E-state index contributed by atoms with van der Waals surface area (Å²) in [6.45, 7) is 10.6. The Bertz CT molecular complexity index is 2450. The van der Waals surface area contributed by atoms with Gasteiger partial charge in [0.25, 0.3) is 11.8 Å². The number of aryl methyl sites for hydroxylation is 2.